The topological polar surface area (TPSA) is 66.5 Å². The van der Waals surface area contributed by atoms with E-state index in [9.17, 15) is 13.2 Å². The highest BCUT2D eigenvalue weighted by molar-refractivity contribution is 7.92. The van der Waals surface area contributed by atoms with Crippen LogP contribution in [-0.2, 0) is 21.2 Å². The van der Waals surface area contributed by atoms with Gasteiger partial charge in [-0.15, -0.1) is 0 Å². The quantitative estimate of drug-likeness (QED) is 0.495. The normalized spacial score (nSPS) is 12.3. The number of anilines is 1. The Labute approximate surface area is 197 Å². The number of hydrogen-bond acceptors (Lipinski definition) is 3. The van der Waals surface area contributed by atoms with Gasteiger partial charge in [-0.3, -0.25) is 9.10 Å². The van der Waals surface area contributed by atoms with Gasteiger partial charge in [-0.2, -0.15) is 0 Å². The van der Waals surface area contributed by atoms with Crippen LogP contribution in [0.5, 0.6) is 0 Å². The van der Waals surface area contributed by atoms with E-state index in [0.717, 1.165) is 27.8 Å². The van der Waals surface area contributed by atoms with Crippen LogP contribution in [0.15, 0.2) is 71.6 Å². The molecular formula is C27H32N2O3S. The zero-order valence-corrected chi connectivity index (χ0v) is 20.7. The van der Waals surface area contributed by atoms with Crippen molar-refractivity contribution in [1.29, 1.82) is 0 Å². The molecule has 0 radical (unpaired) electrons. The minimum absolute atomic E-state index is 0.161. The summed E-state index contributed by atoms with van der Waals surface area (Å²) in [6.07, 6.45) is 0.649. The number of aryl methyl sites for hydroxylation is 4. The highest BCUT2D eigenvalue weighted by Gasteiger charge is 2.29. The number of nitrogens with zero attached hydrogens (tertiary/aromatic N) is 1. The third-order valence-electron chi connectivity index (χ3n) is 5.82. The number of carbonyl (C=O) groups is 1. The van der Waals surface area contributed by atoms with E-state index in [1.165, 1.54) is 4.31 Å². The minimum Gasteiger partial charge on any atom is -0.348 e. The van der Waals surface area contributed by atoms with Gasteiger partial charge in [0.2, 0.25) is 5.91 Å². The standard InChI is InChI=1S/C27H32N2O3S/c1-6-23-9-7-8-10-26(23)29(33(31,32)24-15-12-19(2)13-16-24)18-27(30)28-22(5)25-17-20(3)11-14-21(25)4/h7-17,22H,6,18H2,1-5H3,(H,28,30). The summed E-state index contributed by atoms with van der Waals surface area (Å²) in [5, 5.41) is 2.99. The van der Waals surface area contributed by atoms with Gasteiger partial charge in [0.1, 0.15) is 6.54 Å². The van der Waals surface area contributed by atoms with Crippen LogP contribution in [0.25, 0.3) is 0 Å². The van der Waals surface area contributed by atoms with Crippen molar-refractivity contribution in [2.24, 2.45) is 0 Å². The molecule has 1 atom stereocenters. The van der Waals surface area contributed by atoms with Crippen LogP contribution in [0.4, 0.5) is 5.69 Å². The molecule has 0 aliphatic heterocycles. The molecule has 0 aromatic heterocycles. The van der Waals surface area contributed by atoms with Crippen molar-refractivity contribution in [2.45, 2.75) is 52.0 Å². The van der Waals surface area contributed by atoms with E-state index in [4.69, 9.17) is 0 Å². The zero-order chi connectivity index (χ0) is 24.2. The summed E-state index contributed by atoms with van der Waals surface area (Å²) in [7, 11) is -3.94. The van der Waals surface area contributed by atoms with Crippen LogP contribution < -0.4 is 9.62 Å². The Morgan fingerprint density at radius 3 is 2.24 bits per heavy atom. The number of carbonyl (C=O) groups excluding carboxylic acids is 1. The summed E-state index contributed by atoms with van der Waals surface area (Å²) >= 11 is 0. The fourth-order valence-electron chi connectivity index (χ4n) is 3.91. The maximum atomic E-state index is 13.6. The molecule has 0 heterocycles. The van der Waals surface area contributed by atoms with Gasteiger partial charge in [-0.25, -0.2) is 8.42 Å². The highest BCUT2D eigenvalue weighted by Crippen LogP contribution is 2.28. The van der Waals surface area contributed by atoms with E-state index in [1.54, 1.807) is 36.4 Å². The molecule has 0 bridgehead atoms. The van der Waals surface area contributed by atoms with Crippen molar-refractivity contribution in [3.8, 4) is 0 Å². The van der Waals surface area contributed by atoms with E-state index < -0.39 is 10.0 Å². The Kier molecular flexibility index (Phi) is 7.59. The second-order valence-corrected chi connectivity index (χ2v) is 10.3. The molecule has 6 heteroatoms. The SMILES string of the molecule is CCc1ccccc1N(CC(=O)NC(C)c1cc(C)ccc1C)S(=O)(=O)c1ccc(C)cc1. The molecule has 0 aliphatic rings. The fraction of sp³-hybridized carbons (Fsp3) is 0.296. The summed E-state index contributed by atoms with van der Waals surface area (Å²) in [6, 6.07) is 19.9. The monoisotopic (exact) mass is 464 g/mol. The van der Waals surface area contributed by atoms with Gasteiger partial charge in [0, 0.05) is 0 Å². The molecule has 1 amide bonds. The van der Waals surface area contributed by atoms with Crippen LogP contribution in [0, 0.1) is 20.8 Å². The average molecular weight is 465 g/mol. The first-order valence-corrected chi connectivity index (χ1v) is 12.6. The molecule has 3 aromatic rings. The maximum Gasteiger partial charge on any atom is 0.264 e. The van der Waals surface area contributed by atoms with Crippen molar-refractivity contribution in [2.75, 3.05) is 10.8 Å². The van der Waals surface area contributed by atoms with Crippen LogP contribution in [-0.4, -0.2) is 20.9 Å². The number of rotatable bonds is 8. The van der Waals surface area contributed by atoms with Crippen molar-refractivity contribution >= 4 is 21.6 Å². The van der Waals surface area contributed by atoms with Crippen molar-refractivity contribution in [3.05, 3.63) is 94.5 Å². The molecule has 0 saturated heterocycles. The molecule has 1 unspecified atom stereocenters. The fourth-order valence-corrected chi connectivity index (χ4v) is 5.37. The Morgan fingerprint density at radius 1 is 0.939 bits per heavy atom. The second kappa shape index (κ2) is 10.2. The summed E-state index contributed by atoms with van der Waals surface area (Å²) in [6.45, 7) is 9.50. The zero-order valence-electron chi connectivity index (χ0n) is 19.9. The van der Waals surface area contributed by atoms with Gasteiger partial charge in [0.05, 0.1) is 16.6 Å². The van der Waals surface area contributed by atoms with Gasteiger partial charge < -0.3 is 5.32 Å². The van der Waals surface area contributed by atoms with E-state index >= 15 is 0 Å². The third kappa shape index (κ3) is 5.63. The molecule has 0 saturated carbocycles. The van der Waals surface area contributed by atoms with Crippen molar-refractivity contribution in [3.63, 3.8) is 0 Å². The Morgan fingerprint density at radius 2 is 1.58 bits per heavy atom. The van der Waals surface area contributed by atoms with E-state index in [2.05, 4.69) is 5.32 Å². The number of amides is 1. The number of benzene rings is 3. The van der Waals surface area contributed by atoms with Crippen LogP contribution in [0.1, 0.15) is 47.7 Å². The number of nitrogens with one attached hydrogen (secondary N) is 1. The molecule has 3 aromatic carbocycles. The van der Waals surface area contributed by atoms with E-state index in [-0.39, 0.29) is 23.4 Å². The number of para-hydroxylation sites is 1. The Bertz CT molecular complexity index is 1230. The van der Waals surface area contributed by atoms with E-state index in [0.29, 0.717) is 12.1 Å². The van der Waals surface area contributed by atoms with Gasteiger partial charge in [0.15, 0.2) is 0 Å². The molecule has 0 fully saturated rings. The van der Waals surface area contributed by atoms with E-state index in [1.807, 2.05) is 65.0 Å². The largest absolute Gasteiger partial charge is 0.348 e. The first kappa shape index (κ1) is 24.5. The third-order valence-corrected chi connectivity index (χ3v) is 7.59. The van der Waals surface area contributed by atoms with Gasteiger partial charge >= 0.3 is 0 Å². The first-order valence-electron chi connectivity index (χ1n) is 11.2. The number of sulfonamides is 1. The molecule has 1 N–H and O–H groups in total. The predicted octanol–water partition coefficient (Wildman–Crippen LogP) is 5.25. The summed E-state index contributed by atoms with van der Waals surface area (Å²) in [5.41, 5.74) is 5.56. The molecule has 0 spiro atoms. The summed E-state index contributed by atoms with van der Waals surface area (Å²) in [5.74, 6) is -0.356. The molecule has 5 nitrogen and oxygen atoms in total. The lowest BCUT2D eigenvalue weighted by Gasteiger charge is -2.27. The minimum atomic E-state index is -3.94. The summed E-state index contributed by atoms with van der Waals surface area (Å²) in [4.78, 5) is 13.3. The predicted molar refractivity (Wildman–Crippen MR) is 134 cm³/mol. The Hall–Kier alpha value is -3.12. The second-order valence-electron chi connectivity index (χ2n) is 8.46. The van der Waals surface area contributed by atoms with Crippen LogP contribution in [0.3, 0.4) is 0 Å². The van der Waals surface area contributed by atoms with Gasteiger partial charge in [-0.05, 0) is 69.0 Å². The van der Waals surface area contributed by atoms with Crippen molar-refractivity contribution in [1.82, 2.24) is 5.32 Å². The van der Waals surface area contributed by atoms with Crippen LogP contribution >= 0.6 is 0 Å². The molecule has 3 rings (SSSR count). The van der Waals surface area contributed by atoms with Gasteiger partial charge in [-0.1, -0.05) is 66.6 Å². The molecule has 0 aliphatic carbocycles. The lowest BCUT2D eigenvalue weighted by atomic mass is 10.00. The molecule has 174 valence electrons. The molecular weight excluding hydrogens is 432 g/mol. The Balaban J connectivity index is 1.95. The smallest absolute Gasteiger partial charge is 0.264 e. The summed E-state index contributed by atoms with van der Waals surface area (Å²) < 4.78 is 28.5. The lowest BCUT2D eigenvalue weighted by Crippen LogP contribution is -2.42. The number of hydrogen-bond donors (Lipinski definition) is 1. The van der Waals surface area contributed by atoms with Gasteiger partial charge in [0.25, 0.3) is 10.0 Å². The lowest BCUT2D eigenvalue weighted by molar-refractivity contribution is -0.120. The van der Waals surface area contributed by atoms with Crippen LogP contribution in [0.2, 0.25) is 0 Å². The first-order chi connectivity index (χ1) is 15.6. The highest BCUT2D eigenvalue weighted by atomic mass is 32.2. The maximum absolute atomic E-state index is 13.6. The average Bonchev–Trinajstić information content (AvgIpc) is 2.79. The molecule has 33 heavy (non-hydrogen) atoms. The van der Waals surface area contributed by atoms with Crippen molar-refractivity contribution < 1.29 is 13.2 Å².